The number of aliphatic hydroxyl groups is 1. The molecule has 0 spiro atoms. The Bertz CT molecular complexity index is 1710. The predicted molar refractivity (Wildman–Crippen MR) is 138 cm³/mol. The van der Waals surface area contributed by atoms with Crippen molar-refractivity contribution >= 4 is 16.8 Å². The highest BCUT2D eigenvalue weighted by Crippen LogP contribution is 2.51. The molecule has 0 unspecified atom stereocenters. The molecule has 2 atom stereocenters. The number of hydrogen-bond acceptors (Lipinski definition) is 7. The van der Waals surface area contributed by atoms with E-state index in [1.807, 2.05) is 5.32 Å². The third kappa shape index (κ3) is 5.07. The number of nitrogens with zero attached hydrogens (tertiary/aromatic N) is 2. The molecule has 0 aliphatic carbocycles. The lowest BCUT2D eigenvalue weighted by Crippen LogP contribution is -2.53. The van der Waals surface area contributed by atoms with E-state index in [9.17, 15) is 40.6 Å². The van der Waals surface area contributed by atoms with Gasteiger partial charge in [0, 0.05) is 28.3 Å². The average molecular weight is 610 g/mol. The summed E-state index contributed by atoms with van der Waals surface area (Å²) in [6.45, 7) is -2.74. The maximum absolute atomic E-state index is 14.5. The van der Waals surface area contributed by atoms with E-state index in [4.69, 9.17) is 15.2 Å². The normalized spacial score (nSPS) is 18.1. The van der Waals surface area contributed by atoms with E-state index in [-0.39, 0.29) is 16.9 Å². The summed E-state index contributed by atoms with van der Waals surface area (Å²) in [6, 6.07) is 10.00. The van der Waals surface area contributed by atoms with E-state index in [0.29, 0.717) is 17.0 Å². The number of amides is 1. The summed E-state index contributed by atoms with van der Waals surface area (Å²) in [4.78, 5) is 21.0. The number of ether oxygens (including phenoxy) is 2. The number of nitrogens with one attached hydrogen (secondary N) is 1. The summed E-state index contributed by atoms with van der Waals surface area (Å²) in [5.74, 6) is -2.25. The molecule has 3 heterocycles. The Morgan fingerprint density at radius 2 is 1.81 bits per heavy atom. The number of nitrogens with two attached hydrogens (primary N) is 1. The van der Waals surface area contributed by atoms with Crippen molar-refractivity contribution in [1.29, 1.82) is 0 Å². The van der Waals surface area contributed by atoms with Gasteiger partial charge in [-0.25, -0.2) is 9.37 Å². The fraction of sp³-hybridized carbons (Fsp3) is 0.250. The number of aromatic nitrogens is 2. The van der Waals surface area contributed by atoms with Crippen LogP contribution in [0.3, 0.4) is 0 Å². The number of methoxy groups -OCH3 is 1. The van der Waals surface area contributed by atoms with Crippen LogP contribution in [-0.2, 0) is 11.1 Å². The van der Waals surface area contributed by atoms with Gasteiger partial charge in [-0.05, 0) is 48.5 Å². The minimum Gasteiger partial charge on any atom is -0.494 e. The van der Waals surface area contributed by atoms with Gasteiger partial charge in [0.2, 0.25) is 5.60 Å². The van der Waals surface area contributed by atoms with Crippen LogP contribution in [0.15, 0.2) is 60.8 Å². The monoisotopic (exact) mass is 610 g/mol. The molecule has 1 aliphatic rings. The van der Waals surface area contributed by atoms with Crippen molar-refractivity contribution in [2.24, 2.45) is 5.73 Å². The number of carbonyl (C=O) groups is 1. The zero-order valence-electron chi connectivity index (χ0n) is 22.0. The van der Waals surface area contributed by atoms with Crippen LogP contribution in [0.4, 0.5) is 30.7 Å². The Balaban J connectivity index is 1.60. The highest BCUT2D eigenvalue weighted by atomic mass is 19.4. The summed E-state index contributed by atoms with van der Waals surface area (Å²) in [5.41, 5.74) is -4.32. The van der Waals surface area contributed by atoms with E-state index in [0.717, 1.165) is 24.3 Å². The van der Waals surface area contributed by atoms with Crippen LogP contribution in [0.2, 0.25) is 0 Å². The molecule has 226 valence electrons. The smallest absolute Gasteiger partial charge is 0.424 e. The third-order valence-electron chi connectivity index (χ3n) is 7.07. The standard InChI is InChI=1S/C28H21F7N4O4/c1-42-19-10-16(9-15-3-2-8-37-21(15)19)24(40)38-12-26(41,28(33,34)35)20-11-18-23(43-13-25(18,36)27(30,31)32)22(39-20)14-4-6-17(29)7-5-14/h2-11,41H,12-13,36H2,1H3,(H,38,40)/t25-,26+/m1/s1. The second kappa shape index (κ2) is 10.3. The summed E-state index contributed by atoms with van der Waals surface area (Å²) >= 11 is 0. The first-order valence-electron chi connectivity index (χ1n) is 12.4. The SMILES string of the molecule is COc1cc(C(=O)NC[C@](O)(c2cc3c(c(-c4ccc(F)cc4)n2)OC[C@]3(N)C(F)(F)F)C(F)(F)F)cc2cccnc12. The van der Waals surface area contributed by atoms with Gasteiger partial charge in [-0.1, -0.05) is 6.07 Å². The molecule has 15 heteroatoms. The van der Waals surface area contributed by atoms with Gasteiger partial charge in [0.25, 0.3) is 5.91 Å². The molecule has 2 aromatic heterocycles. The van der Waals surface area contributed by atoms with Crippen LogP contribution >= 0.6 is 0 Å². The average Bonchev–Trinajstić information content (AvgIpc) is 3.32. The number of fused-ring (bicyclic) bond motifs is 2. The third-order valence-corrected chi connectivity index (χ3v) is 7.07. The number of benzene rings is 2. The van der Waals surface area contributed by atoms with Crippen molar-refractivity contribution in [2.45, 2.75) is 23.5 Å². The predicted octanol–water partition coefficient (Wildman–Crippen LogP) is 4.73. The summed E-state index contributed by atoms with van der Waals surface area (Å²) in [7, 11) is 1.30. The molecule has 0 fully saturated rings. The Kier molecular flexibility index (Phi) is 7.21. The number of hydrogen-bond donors (Lipinski definition) is 3. The topological polar surface area (TPSA) is 120 Å². The van der Waals surface area contributed by atoms with Crippen molar-refractivity contribution in [3.63, 3.8) is 0 Å². The second-order valence-corrected chi connectivity index (χ2v) is 9.79. The first-order valence-corrected chi connectivity index (χ1v) is 12.4. The van der Waals surface area contributed by atoms with E-state index in [1.54, 1.807) is 12.1 Å². The minimum atomic E-state index is -5.57. The van der Waals surface area contributed by atoms with Crippen molar-refractivity contribution in [3.05, 3.63) is 83.4 Å². The van der Waals surface area contributed by atoms with Gasteiger partial charge in [0.15, 0.2) is 11.3 Å². The molecule has 0 bridgehead atoms. The van der Waals surface area contributed by atoms with E-state index < -0.39 is 71.1 Å². The van der Waals surface area contributed by atoms with Gasteiger partial charge >= 0.3 is 12.4 Å². The highest BCUT2D eigenvalue weighted by molar-refractivity contribution is 5.99. The minimum absolute atomic E-state index is 0.114. The quantitative estimate of drug-likeness (QED) is 0.270. The molecule has 43 heavy (non-hydrogen) atoms. The Morgan fingerprint density at radius 1 is 1.12 bits per heavy atom. The zero-order valence-corrected chi connectivity index (χ0v) is 22.0. The van der Waals surface area contributed by atoms with E-state index in [2.05, 4.69) is 9.97 Å². The number of pyridine rings is 2. The van der Waals surface area contributed by atoms with E-state index in [1.165, 1.54) is 25.4 Å². The van der Waals surface area contributed by atoms with Crippen LogP contribution in [0.1, 0.15) is 21.6 Å². The van der Waals surface area contributed by atoms with Crippen LogP contribution in [-0.4, -0.2) is 53.6 Å². The summed E-state index contributed by atoms with van der Waals surface area (Å²) in [5, 5.41) is 13.5. The maximum atomic E-state index is 14.5. The number of halogens is 7. The van der Waals surface area contributed by atoms with Crippen LogP contribution in [0.25, 0.3) is 22.2 Å². The lowest BCUT2D eigenvalue weighted by Gasteiger charge is -2.32. The van der Waals surface area contributed by atoms with E-state index >= 15 is 0 Å². The molecule has 1 aliphatic heterocycles. The van der Waals surface area contributed by atoms with Gasteiger partial charge in [-0.15, -0.1) is 0 Å². The number of carbonyl (C=O) groups excluding carboxylic acids is 1. The molecule has 5 rings (SSSR count). The summed E-state index contributed by atoms with van der Waals surface area (Å²) < 4.78 is 110. The maximum Gasteiger partial charge on any atom is 0.424 e. The molecule has 4 N–H and O–H groups in total. The molecule has 0 radical (unpaired) electrons. The van der Waals surface area contributed by atoms with Crippen molar-refractivity contribution < 1.29 is 50.1 Å². The first-order chi connectivity index (χ1) is 20.1. The van der Waals surface area contributed by atoms with Crippen LogP contribution in [0, 0.1) is 5.82 Å². The molecular formula is C28H21F7N4O4. The molecular weight excluding hydrogens is 589 g/mol. The largest absolute Gasteiger partial charge is 0.494 e. The van der Waals surface area contributed by atoms with Crippen molar-refractivity contribution in [3.8, 4) is 22.8 Å². The molecule has 4 aromatic rings. The molecule has 0 saturated carbocycles. The summed E-state index contributed by atoms with van der Waals surface area (Å²) in [6.07, 6.45) is -9.29. The first kappa shape index (κ1) is 30.0. The van der Waals surface area contributed by atoms with Gasteiger partial charge in [0.1, 0.15) is 29.4 Å². The zero-order chi connectivity index (χ0) is 31.4. The van der Waals surface area contributed by atoms with Gasteiger partial charge in [-0.3, -0.25) is 9.78 Å². The second-order valence-electron chi connectivity index (χ2n) is 9.79. The molecule has 8 nitrogen and oxygen atoms in total. The van der Waals surface area contributed by atoms with Gasteiger partial charge in [0.05, 0.1) is 19.3 Å². The highest BCUT2D eigenvalue weighted by Gasteiger charge is 2.61. The van der Waals surface area contributed by atoms with Crippen molar-refractivity contribution in [1.82, 2.24) is 15.3 Å². The lowest BCUT2D eigenvalue weighted by molar-refractivity contribution is -0.265. The van der Waals surface area contributed by atoms with Gasteiger partial charge < -0.3 is 25.6 Å². The fourth-order valence-electron chi connectivity index (χ4n) is 4.62. The molecule has 0 saturated heterocycles. The Morgan fingerprint density at radius 3 is 2.44 bits per heavy atom. The number of rotatable bonds is 6. The Labute approximate surface area is 238 Å². The number of alkyl halides is 6. The van der Waals surface area contributed by atoms with Crippen LogP contribution < -0.4 is 20.5 Å². The van der Waals surface area contributed by atoms with Crippen molar-refractivity contribution in [2.75, 3.05) is 20.3 Å². The van der Waals surface area contributed by atoms with Gasteiger partial charge in [-0.2, -0.15) is 26.3 Å². The molecule has 2 aromatic carbocycles. The fourth-order valence-corrected chi connectivity index (χ4v) is 4.62. The lowest BCUT2D eigenvalue weighted by atomic mass is 9.87. The van der Waals surface area contributed by atoms with Crippen LogP contribution in [0.5, 0.6) is 11.5 Å². The molecule has 1 amide bonds. The Hall–Kier alpha value is -4.50.